The van der Waals surface area contributed by atoms with Crippen LogP contribution in [0.2, 0.25) is 0 Å². The van der Waals surface area contributed by atoms with Crippen LogP contribution in [0.25, 0.3) is 0 Å². The Labute approximate surface area is 128 Å². The van der Waals surface area contributed by atoms with E-state index in [-0.39, 0.29) is 5.75 Å². The molecular formula is C18H30O3. The van der Waals surface area contributed by atoms with Crippen molar-refractivity contribution in [1.29, 1.82) is 0 Å². The molecule has 0 aliphatic carbocycles. The summed E-state index contributed by atoms with van der Waals surface area (Å²) in [6.07, 6.45) is 8.46. The fraction of sp³-hybridized carbons (Fsp3) is 0.667. The molecule has 0 spiro atoms. The van der Waals surface area contributed by atoms with Gasteiger partial charge in [-0.15, -0.1) is 0 Å². The molecule has 2 atom stereocenters. The first-order valence-corrected chi connectivity index (χ1v) is 8.30. The van der Waals surface area contributed by atoms with Gasteiger partial charge in [0.1, 0.15) is 11.9 Å². The summed E-state index contributed by atoms with van der Waals surface area (Å²) in [5.74, 6) is 0.0416. The molecule has 2 unspecified atom stereocenters. The summed E-state index contributed by atoms with van der Waals surface area (Å²) in [4.78, 5) is 0. The van der Waals surface area contributed by atoms with E-state index in [1.807, 2.05) is 0 Å². The highest BCUT2D eigenvalue weighted by atomic mass is 16.3. The molecule has 0 saturated heterocycles. The number of phenolic OH excluding ortho intramolecular Hbond substituents is 1. The number of rotatable bonds is 11. The van der Waals surface area contributed by atoms with Gasteiger partial charge in [0.15, 0.2) is 0 Å². The van der Waals surface area contributed by atoms with Crippen molar-refractivity contribution in [2.45, 2.75) is 76.9 Å². The van der Waals surface area contributed by atoms with Crippen LogP contribution >= 0.6 is 0 Å². The second-order valence-corrected chi connectivity index (χ2v) is 5.83. The zero-order valence-electron chi connectivity index (χ0n) is 13.2. The van der Waals surface area contributed by atoms with Crippen LogP contribution in [0.1, 0.15) is 76.4 Å². The van der Waals surface area contributed by atoms with E-state index >= 15 is 0 Å². The lowest BCUT2D eigenvalue weighted by atomic mass is 9.98. The number of aliphatic hydroxyl groups excluding tert-OH is 2. The van der Waals surface area contributed by atoms with Gasteiger partial charge in [-0.25, -0.2) is 0 Å². The summed E-state index contributed by atoms with van der Waals surface area (Å²) in [7, 11) is 0. The van der Waals surface area contributed by atoms with Crippen LogP contribution in [0.5, 0.6) is 5.75 Å². The van der Waals surface area contributed by atoms with Gasteiger partial charge in [0.05, 0.1) is 6.10 Å². The maximum absolute atomic E-state index is 10.1. The fourth-order valence-electron chi connectivity index (χ4n) is 2.59. The van der Waals surface area contributed by atoms with Crippen LogP contribution in [0.4, 0.5) is 0 Å². The average Bonchev–Trinajstić information content (AvgIpc) is 2.49. The first-order valence-electron chi connectivity index (χ1n) is 8.30. The van der Waals surface area contributed by atoms with E-state index in [9.17, 15) is 15.3 Å². The van der Waals surface area contributed by atoms with Crippen molar-refractivity contribution in [3.8, 4) is 5.75 Å². The fourth-order valence-corrected chi connectivity index (χ4v) is 2.59. The molecule has 3 N–H and O–H groups in total. The molecule has 0 aliphatic heterocycles. The predicted octanol–water partition coefficient (Wildman–Crippen LogP) is 4.32. The Morgan fingerprint density at radius 2 is 1.43 bits per heavy atom. The molecule has 0 radical (unpaired) electrons. The number of hydrogen-bond donors (Lipinski definition) is 3. The second-order valence-electron chi connectivity index (χ2n) is 5.83. The van der Waals surface area contributed by atoms with E-state index in [1.165, 1.54) is 44.6 Å². The summed E-state index contributed by atoms with van der Waals surface area (Å²) >= 11 is 0. The van der Waals surface area contributed by atoms with Crippen molar-refractivity contribution in [1.82, 2.24) is 0 Å². The zero-order chi connectivity index (χ0) is 15.5. The molecule has 0 fully saturated rings. The molecule has 0 amide bonds. The third kappa shape index (κ3) is 6.96. The minimum absolute atomic E-state index is 0.0416. The van der Waals surface area contributed by atoms with Gasteiger partial charge in [0, 0.05) is 5.56 Å². The van der Waals surface area contributed by atoms with Crippen molar-refractivity contribution >= 4 is 0 Å². The SMILES string of the molecule is CCCCCCCCCCC(O)C(O)c1ccccc1O. The van der Waals surface area contributed by atoms with Crippen LogP contribution in [0, 0.1) is 0 Å². The molecule has 120 valence electrons. The number of phenols is 1. The third-order valence-electron chi connectivity index (χ3n) is 3.97. The Kier molecular flexibility index (Phi) is 9.11. The Balaban J connectivity index is 2.16. The molecule has 0 aromatic heterocycles. The largest absolute Gasteiger partial charge is 0.508 e. The first-order chi connectivity index (χ1) is 10.2. The van der Waals surface area contributed by atoms with Gasteiger partial charge >= 0.3 is 0 Å². The van der Waals surface area contributed by atoms with Crippen LogP contribution in [0.3, 0.4) is 0 Å². The second kappa shape index (κ2) is 10.6. The normalized spacial score (nSPS) is 14.0. The van der Waals surface area contributed by atoms with Crippen molar-refractivity contribution in [3.63, 3.8) is 0 Å². The molecule has 0 bridgehead atoms. The average molecular weight is 294 g/mol. The summed E-state index contributed by atoms with van der Waals surface area (Å²) in [5, 5.41) is 29.7. The van der Waals surface area contributed by atoms with E-state index in [2.05, 4.69) is 6.92 Å². The van der Waals surface area contributed by atoms with Gasteiger partial charge in [0.2, 0.25) is 0 Å². The van der Waals surface area contributed by atoms with Crippen LogP contribution < -0.4 is 0 Å². The summed E-state index contributed by atoms with van der Waals surface area (Å²) in [6.45, 7) is 2.22. The lowest BCUT2D eigenvalue weighted by molar-refractivity contribution is 0.0107. The third-order valence-corrected chi connectivity index (χ3v) is 3.97. The van der Waals surface area contributed by atoms with Gasteiger partial charge in [-0.2, -0.15) is 0 Å². The van der Waals surface area contributed by atoms with Crippen molar-refractivity contribution < 1.29 is 15.3 Å². The maximum atomic E-state index is 10.1. The van der Waals surface area contributed by atoms with Crippen molar-refractivity contribution in [2.75, 3.05) is 0 Å². The summed E-state index contributed by atoms with van der Waals surface area (Å²) in [6, 6.07) is 6.64. The highest BCUT2D eigenvalue weighted by Crippen LogP contribution is 2.27. The van der Waals surface area contributed by atoms with Crippen molar-refractivity contribution in [2.24, 2.45) is 0 Å². The van der Waals surface area contributed by atoms with Crippen LogP contribution in [-0.2, 0) is 0 Å². The number of unbranched alkanes of at least 4 members (excludes halogenated alkanes) is 7. The van der Waals surface area contributed by atoms with Gasteiger partial charge in [-0.3, -0.25) is 0 Å². The highest BCUT2D eigenvalue weighted by molar-refractivity contribution is 5.34. The Morgan fingerprint density at radius 3 is 2.05 bits per heavy atom. The van der Waals surface area contributed by atoms with E-state index in [4.69, 9.17) is 0 Å². The van der Waals surface area contributed by atoms with Crippen LogP contribution in [0.15, 0.2) is 24.3 Å². The molecule has 1 aromatic rings. The number of benzene rings is 1. The lowest BCUT2D eigenvalue weighted by Crippen LogP contribution is -2.18. The molecule has 0 heterocycles. The van der Waals surface area contributed by atoms with Gasteiger partial charge in [-0.1, -0.05) is 76.5 Å². The number of hydrogen-bond acceptors (Lipinski definition) is 3. The Hall–Kier alpha value is -1.06. The number of aromatic hydroxyl groups is 1. The Bertz CT molecular complexity index is 378. The summed E-state index contributed by atoms with van der Waals surface area (Å²) in [5.41, 5.74) is 0.407. The lowest BCUT2D eigenvalue weighted by Gasteiger charge is -2.19. The van der Waals surface area contributed by atoms with E-state index in [0.29, 0.717) is 12.0 Å². The van der Waals surface area contributed by atoms with E-state index < -0.39 is 12.2 Å². The Morgan fingerprint density at radius 1 is 0.857 bits per heavy atom. The molecular weight excluding hydrogens is 264 g/mol. The minimum atomic E-state index is -1.00. The quantitative estimate of drug-likeness (QED) is 0.533. The molecule has 1 rings (SSSR count). The van der Waals surface area contributed by atoms with E-state index in [1.54, 1.807) is 18.2 Å². The van der Waals surface area contributed by atoms with Crippen molar-refractivity contribution in [3.05, 3.63) is 29.8 Å². The minimum Gasteiger partial charge on any atom is -0.508 e. The van der Waals surface area contributed by atoms with Gasteiger partial charge in [0.25, 0.3) is 0 Å². The summed E-state index contributed by atoms with van der Waals surface area (Å²) < 4.78 is 0. The van der Waals surface area contributed by atoms with Gasteiger partial charge in [-0.05, 0) is 12.5 Å². The number of aliphatic hydroxyl groups is 2. The topological polar surface area (TPSA) is 60.7 Å². The molecule has 0 saturated carbocycles. The monoisotopic (exact) mass is 294 g/mol. The molecule has 3 heteroatoms. The zero-order valence-corrected chi connectivity index (χ0v) is 13.2. The van der Waals surface area contributed by atoms with Gasteiger partial charge < -0.3 is 15.3 Å². The standard InChI is InChI=1S/C18H30O3/c1-2-3-4-5-6-7-8-9-14-17(20)18(21)15-12-10-11-13-16(15)19/h10-13,17-21H,2-9,14H2,1H3. The highest BCUT2D eigenvalue weighted by Gasteiger charge is 2.20. The van der Waals surface area contributed by atoms with Crippen LogP contribution in [-0.4, -0.2) is 21.4 Å². The predicted molar refractivity (Wildman–Crippen MR) is 86.3 cm³/mol. The molecule has 3 nitrogen and oxygen atoms in total. The molecule has 21 heavy (non-hydrogen) atoms. The smallest absolute Gasteiger partial charge is 0.121 e. The maximum Gasteiger partial charge on any atom is 0.121 e. The van der Waals surface area contributed by atoms with E-state index in [0.717, 1.165) is 12.8 Å². The number of para-hydroxylation sites is 1. The molecule has 1 aromatic carbocycles. The molecule has 0 aliphatic rings. The first kappa shape index (κ1) is 18.0.